The number of piperidine rings is 1. The van der Waals surface area contributed by atoms with E-state index in [1.807, 2.05) is 25.1 Å². The molecule has 2 aromatic carbocycles. The molecule has 4 aromatic rings. The van der Waals surface area contributed by atoms with Crippen molar-refractivity contribution in [2.75, 3.05) is 36.5 Å². The van der Waals surface area contributed by atoms with Crippen molar-refractivity contribution in [1.82, 2.24) is 14.9 Å². The molecule has 3 aliphatic heterocycles. The lowest BCUT2D eigenvalue weighted by Gasteiger charge is -2.39. The molecule has 47 heavy (non-hydrogen) atoms. The average Bonchev–Trinajstić information content (AvgIpc) is 3.69. The highest BCUT2D eigenvalue weighted by Crippen LogP contribution is 2.47. The summed E-state index contributed by atoms with van der Waals surface area (Å²) in [5.41, 5.74) is 1.85. The molecule has 248 valence electrons. The Morgan fingerprint density at radius 1 is 1.15 bits per heavy atom. The zero-order chi connectivity index (χ0) is 33.1. The Bertz CT molecular complexity index is 1710. The number of benzene rings is 2. The van der Waals surface area contributed by atoms with Gasteiger partial charge in [0.05, 0.1) is 18.4 Å². The van der Waals surface area contributed by atoms with Crippen LogP contribution in [0.1, 0.15) is 80.3 Å². The molecule has 5 heterocycles. The molecule has 0 bridgehead atoms. The SMILES string of the molecule is CC(=O)c1ccc2c(n1)N(Cc1cnco1)C(CN1CCC(c3cccc4c3OC(C)(c3ccc(Cl)cc3F)CO4)CC1)N2.CCC. The van der Waals surface area contributed by atoms with Gasteiger partial charge in [0.1, 0.15) is 30.0 Å². The number of hydrogen-bond donors (Lipinski definition) is 1. The largest absolute Gasteiger partial charge is 0.485 e. The van der Waals surface area contributed by atoms with Crippen LogP contribution in [0.15, 0.2) is 65.5 Å². The second-order valence-electron chi connectivity index (χ2n) is 12.6. The van der Waals surface area contributed by atoms with Crippen LogP contribution in [0.3, 0.4) is 0 Å². The first-order valence-corrected chi connectivity index (χ1v) is 16.6. The Hall–Kier alpha value is -4.15. The summed E-state index contributed by atoms with van der Waals surface area (Å²) < 4.78 is 33.2. The summed E-state index contributed by atoms with van der Waals surface area (Å²) in [7, 11) is 0. The number of carbonyl (C=O) groups excluding carboxylic acids is 1. The molecular formula is C36H41ClFN5O4. The van der Waals surface area contributed by atoms with Crippen molar-refractivity contribution in [2.24, 2.45) is 0 Å². The summed E-state index contributed by atoms with van der Waals surface area (Å²) in [6.07, 6.45) is 6.18. The van der Waals surface area contributed by atoms with Gasteiger partial charge in [-0.3, -0.25) is 9.69 Å². The number of oxazole rings is 1. The van der Waals surface area contributed by atoms with Gasteiger partial charge in [-0.2, -0.15) is 0 Å². The van der Waals surface area contributed by atoms with E-state index in [1.54, 1.807) is 24.4 Å². The number of Topliss-reactive ketones (excluding diaryl/α,β-unsaturated/α-hetero) is 1. The third kappa shape index (κ3) is 6.94. The Kier molecular flexibility index (Phi) is 9.70. The fourth-order valence-electron chi connectivity index (χ4n) is 6.47. The van der Waals surface area contributed by atoms with Crippen molar-refractivity contribution in [3.8, 4) is 11.5 Å². The standard InChI is InChI=1S/C33H33ClFN5O4.C3H8/c1-20(41)27-8-9-28-32(38-27)40(16-23-15-36-19-43-23)30(37-28)17-39-12-10-21(11-13-39)24-4-3-5-29-31(24)44-33(2,18-42-29)25-7-6-22(34)14-26(25)35;1-3-2/h3-9,14-15,19,21,30,37H,10-13,16-18H2,1-2H3;3H2,1-2H3. The van der Waals surface area contributed by atoms with Gasteiger partial charge in [0.15, 0.2) is 35.1 Å². The predicted octanol–water partition coefficient (Wildman–Crippen LogP) is 7.81. The van der Waals surface area contributed by atoms with Gasteiger partial charge >= 0.3 is 0 Å². The number of aromatic nitrogens is 2. The van der Waals surface area contributed by atoms with Crippen LogP contribution < -0.4 is 19.7 Å². The summed E-state index contributed by atoms with van der Waals surface area (Å²) in [6, 6.07) is 14.3. The van der Waals surface area contributed by atoms with E-state index in [0.717, 1.165) is 55.3 Å². The molecule has 1 N–H and O–H groups in total. The van der Waals surface area contributed by atoms with E-state index in [4.69, 9.17) is 25.5 Å². The molecule has 2 atom stereocenters. The first kappa shape index (κ1) is 32.8. The van der Waals surface area contributed by atoms with Crippen molar-refractivity contribution in [3.63, 3.8) is 0 Å². The molecule has 0 aliphatic carbocycles. The van der Waals surface area contributed by atoms with Crippen LogP contribution in [0, 0.1) is 5.82 Å². The van der Waals surface area contributed by atoms with Gasteiger partial charge in [0.2, 0.25) is 0 Å². The zero-order valence-electron chi connectivity index (χ0n) is 27.3. The van der Waals surface area contributed by atoms with Crippen LogP contribution in [0.5, 0.6) is 11.5 Å². The quantitative estimate of drug-likeness (QED) is 0.199. The van der Waals surface area contributed by atoms with Crippen LogP contribution in [0.2, 0.25) is 5.02 Å². The first-order chi connectivity index (χ1) is 22.7. The number of likely N-dealkylation sites (tertiary alicyclic amines) is 1. The molecule has 0 radical (unpaired) electrons. The number of anilines is 2. The molecule has 7 rings (SSSR count). The lowest BCUT2D eigenvalue weighted by molar-refractivity contribution is -0.00183. The number of nitrogens with zero attached hydrogens (tertiary/aromatic N) is 4. The topological polar surface area (TPSA) is 93.0 Å². The molecule has 2 aromatic heterocycles. The Labute approximate surface area is 280 Å². The lowest BCUT2D eigenvalue weighted by atomic mass is 9.87. The van der Waals surface area contributed by atoms with Crippen LogP contribution in [-0.2, 0) is 12.1 Å². The van der Waals surface area contributed by atoms with Gasteiger partial charge in [-0.25, -0.2) is 14.4 Å². The summed E-state index contributed by atoms with van der Waals surface area (Å²) in [5, 5.41) is 3.94. The third-order valence-corrected chi connectivity index (χ3v) is 9.05. The highest BCUT2D eigenvalue weighted by molar-refractivity contribution is 6.30. The number of ketones is 1. The van der Waals surface area contributed by atoms with Gasteiger partial charge in [-0.05, 0) is 69.1 Å². The molecule has 9 nitrogen and oxygen atoms in total. The predicted molar refractivity (Wildman–Crippen MR) is 180 cm³/mol. The molecule has 0 spiro atoms. The molecular weight excluding hydrogens is 621 g/mol. The van der Waals surface area contributed by atoms with E-state index < -0.39 is 11.4 Å². The van der Waals surface area contributed by atoms with E-state index in [1.165, 1.54) is 25.8 Å². The minimum Gasteiger partial charge on any atom is -0.485 e. The summed E-state index contributed by atoms with van der Waals surface area (Å²) in [4.78, 5) is 25.4. The average molecular weight is 662 g/mol. The van der Waals surface area contributed by atoms with Crippen molar-refractivity contribution in [3.05, 3.63) is 94.5 Å². The fraction of sp³-hybridized carbons (Fsp3) is 0.417. The molecule has 11 heteroatoms. The third-order valence-electron chi connectivity index (χ3n) is 8.82. The number of ether oxygens (including phenoxy) is 2. The Morgan fingerprint density at radius 2 is 1.94 bits per heavy atom. The molecule has 3 aliphatic rings. The van der Waals surface area contributed by atoms with E-state index >= 15 is 0 Å². The molecule has 0 saturated carbocycles. The van der Waals surface area contributed by atoms with Crippen molar-refractivity contribution in [2.45, 2.75) is 71.2 Å². The highest BCUT2D eigenvalue weighted by Gasteiger charge is 2.40. The maximum absolute atomic E-state index is 14.9. The Balaban J connectivity index is 0.00000124. The van der Waals surface area contributed by atoms with Crippen molar-refractivity contribution in [1.29, 1.82) is 0 Å². The number of carbonyl (C=O) groups is 1. The monoisotopic (exact) mass is 661 g/mol. The van der Waals surface area contributed by atoms with Crippen LogP contribution in [-0.4, -0.2) is 53.1 Å². The number of fused-ring (bicyclic) bond motifs is 2. The van der Waals surface area contributed by atoms with E-state index in [-0.39, 0.29) is 24.5 Å². The van der Waals surface area contributed by atoms with Gasteiger partial charge in [-0.1, -0.05) is 50.1 Å². The highest BCUT2D eigenvalue weighted by atomic mass is 35.5. The molecule has 1 fully saturated rings. The van der Waals surface area contributed by atoms with E-state index in [2.05, 4.69) is 45.0 Å². The Morgan fingerprint density at radius 3 is 2.64 bits per heavy atom. The normalized spacial score (nSPS) is 20.6. The number of para-hydroxylation sites is 1. The smallest absolute Gasteiger partial charge is 0.180 e. The number of pyridine rings is 1. The van der Waals surface area contributed by atoms with Crippen LogP contribution in [0.4, 0.5) is 15.9 Å². The van der Waals surface area contributed by atoms with E-state index in [9.17, 15) is 9.18 Å². The maximum atomic E-state index is 14.9. The summed E-state index contributed by atoms with van der Waals surface area (Å²) in [5.74, 6) is 2.61. The summed E-state index contributed by atoms with van der Waals surface area (Å²) >= 11 is 6.01. The van der Waals surface area contributed by atoms with E-state index in [0.29, 0.717) is 34.3 Å². The minimum atomic E-state index is -0.981. The maximum Gasteiger partial charge on any atom is 0.180 e. The van der Waals surface area contributed by atoms with Gasteiger partial charge < -0.3 is 24.1 Å². The number of rotatable bonds is 7. The number of hydrogen-bond acceptors (Lipinski definition) is 9. The second kappa shape index (κ2) is 13.9. The second-order valence-corrected chi connectivity index (χ2v) is 13.0. The van der Waals surface area contributed by atoms with Gasteiger partial charge in [0.25, 0.3) is 0 Å². The first-order valence-electron chi connectivity index (χ1n) is 16.2. The van der Waals surface area contributed by atoms with Crippen LogP contribution in [0.25, 0.3) is 0 Å². The molecule has 2 unspecified atom stereocenters. The fourth-order valence-corrected chi connectivity index (χ4v) is 6.63. The zero-order valence-corrected chi connectivity index (χ0v) is 28.0. The minimum absolute atomic E-state index is 0.0578. The number of halogens is 2. The lowest BCUT2D eigenvalue weighted by Crippen LogP contribution is -2.47. The molecule has 0 amide bonds. The van der Waals surface area contributed by atoms with Crippen LogP contribution >= 0.6 is 11.6 Å². The van der Waals surface area contributed by atoms with Crippen molar-refractivity contribution >= 4 is 28.9 Å². The van der Waals surface area contributed by atoms with Gasteiger partial charge in [0, 0.05) is 29.6 Å². The molecule has 1 saturated heterocycles. The number of nitrogens with one attached hydrogen (secondary N) is 1. The van der Waals surface area contributed by atoms with Gasteiger partial charge in [-0.15, -0.1) is 0 Å². The van der Waals surface area contributed by atoms with Crippen molar-refractivity contribution < 1.29 is 23.1 Å². The summed E-state index contributed by atoms with van der Waals surface area (Å²) in [6.45, 7) is 10.8.